The minimum atomic E-state index is -5.00. The molecule has 0 atom stereocenters. The van der Waals surface area contributed by atoms with E-state index in [-0.39, 0.29) is 16.8 Å². The van der Waals surface area contributed by atoms with Gasteiger partial charge < -0.3 is 14.6 Å². The lowest BCUT2D eigenvalue weighted by Crippen LogP contribution is -2.38. The second-order valence-corrected chi connectivity index (χ2v) is 7.65. The molecule has 1 aromatic heterocycles. The number of halogens is 5. The molecule has 0 aliphatic heterocycles. The molecule has 33 heavy (non-hydrogen) atoms. The second-order valence-electron chi connectivity index (χ2n) is 6.83. The molecule has 0 radical (unpaired) electrons. The van der Waals surface area contributed by atoms with Gasteiger partial charge in [-0.2, -0.15) is 18.4 Å². The van der Waals surface area contributed by atoms with Crippen LogP contribution < -0.4 is 0 Å². The first-order valence-corrected chi connectivity index (χ1v) is 10.0. The average molecular weight is 496 g/mol. The molecule has 0 aliphatic rings. The van der Waals surface area contributed by atoms with Gasteiger partial charge in [0.15, 0.2) is 0 Å². The molecule has 2 aromatic carbocycles. The smallest absolute Gasteiger partial charge is 0.433 e. The summed E-state index contributed by atoms with van der Waals surface area (Å²) >= 11 is 11.9. The summed E-state index contributed by atoms with van der Waals surface area (Å²) in [7, 11) is 0. The number of rotatable bonds is 6. The van der Waals surface area contributed by atoms with Crippen LogP contribution in [0.25, 0.3) is 11.3 Å². The molecule has 6 nitrogen and oxygen atoms in total. The van der Waals surface area contributed by atoms with Crippen LogP contribution in [-0.2, 0) is 17.6 Å². The zero-order valence-electron chi connectivity index (χ0n) is 16.6. The predicted octanol–water partition coefficient (Wildman–Crippen LogP) is 5.54. The van der Waals surface area contributed by atoms with Gasteiger partial charge in [-0.3, -0.25) is 9.59 Å². The molecule has 3 rings (SSSR count). The third-order valence-electron chi connectivity index (χ3n) is 4.65. The van der Waals surface area contributed by atoms with E-state index in [1.54, 1.807) is 12.1 Å². The van der Waals surface area contributed by atoms with E-state index in [1.807, 2.05) is 0 Å². The van der Waals surface area contributed by atoms with Crippen molar-refractivity contribution in [3.63, 3.8) is 0 Å². The molecule has 0 saturated carbocycles. The number of hydrogen-bond donors (Lipinski definition) is 1. The van der Waals surface area contributed by atoms with Gasteiger partial charge in [-0.25, -0.2) is 0 Å². The Labute approximate surface area is 196 Å². The summed E-state index contributed by atoms with van der Waals surface area (Å²) in [6, 6.07) is 14.8. The van der Waals surface area contributed by atoms with Gasteiger partial charge in [0, 0.05) is 10.6 Å². The largest absolute Gasteiger partial charge is 0.480 e. The van der Waals surface area contributed by atoms with Crippen molar-refractivity contribution >= 4 is 35.1 Å². The molecule has 0 saturated heterocycles. The lowest BCUT2D eigenvalue weighted by molar-refractivity contribution is -0.144. The Morgan fingerprint density at radius 3 is 2.18 bits per heavy atom. The van der Waals surface area contributed by atoms with E-state index in [9.17, 15) is 33.1 Å². The van der Waals surface area contributed by atoms with E-state index in [4.69, 9.17) is 23.2 Å². The number of alkyl halides is 3. The van der Waals surface area contributed by atoms with Gasteiger partial charge in [0.1, 0.15) is 18.3 Å². The molecule has 0 aliphatic carbocycles. The van der Waals surface area contributed by atoms with Crippen LogP contribution in [-0.4, -0.2) is 33.0 Å². The normalized spacial score (nSPS) is 11.2. The summed E-state index contributed by atoms with van der Waals surface area (Å²) in [6.45, 7) is -1.71. The molecule has 3 aromatic rings. The maximum Gasteiger partial charge on any atom is 0.433 e. The van der Waals surface area contributed by atoms with Crippen molar-refractivity contribution in [2.75, 3.05) is 6.54 Å². The number of carboxylic acid groups (broad SMARTS) is 1. The number of carbonyl (C=O) groups excluding carboxylic acids is 1. The lowest BCUT2D eigenvalue weighted by Gasteiger charge is -2.25. The Morgan fingerprint density at radius 2 is 1.67 bits per heavy atom. The van der Waals surface area contributed by atoms with E-state index >= 15 is 0 Å². The summed E-state index contributed by atoms with van der Waals surface area (Å²) in [5, 5.41) is 18.3. The number of hydrogen-bond acceptors (Lipinski definition) is 3. The minimum Gasteiger partial charge on any atom is -0.480 e. The fraction of sp³-hybridized carbons (Fsp3) is 0.136. The Hall–Kier alpha value is -3.48. The highest BCUT2D eigenvalue weighted by molar-refractivity contribution is 6.33. The summed E-state index contributed by atoms with van der Waals surface area (Å²) in [5.74, 6) is -2.24. The monoisotopic (exact) mass is 495 g/mol. The zero-order chi connectivity index (χ0) is 24.3. The van der Waals surface area contributed by atoms with Crippen molar-refractivity contribution in [1.29, 1.82) is 5.26 Å². The maximum absolute atomic E-state index is 14.0. The number of carbonyl (C=O) groups is 2. The van der Waals surface area contributed by atoms with Gasteiger partial charge in [-0.1, -0.05) is 53.5 Å². The highest BCUT2D eigenvalue weighted by atomic mass is 35.5. The van der Waals surface area contributed by atoms with Gasteiger partial charge >= 0.3 is 12.1 Å². The van der Waals surface area contributed by atoms with E-state index in [1.165, 1.54) is 48.5 Å². The van der Waals surface area contributed by atoms with E-state index < -0.39 is 47.5 Å². The number of benzene rings is 2. The molecular formula is C22H14Cl2F3N3O3. The molecule has 0 unspecified atom stereocenters. The summed E-state index contributed by atoms with van der Waals surface area (Å²) in [6.07, 6.45) is -5.00. The summed E-state index contributed by atoms with van der Waals surface area (Å²) in [5.41, 5.74) is -1.80. The third-order valence-corrected chi connectivity index (χ3v) is 5.27. The summed E-state index contributed by atoms with van der Waals surface area (Å²) < 4.78 is 42.6. The number of carboxylic acids is 1. The number of amides is 1. The van der Waals surface area contributed by atoms with E-state index in [0.717, 1.165) is 4.90 Å². The van der Waals surface area contributed by atoms with E-state index in [2.05, 4.69) is 0 Å². The van der Waals surface area contributed by atoms with Gasteiger partial charge in [0.25, 0.3) is 5.91 Å². The molecular weight excluding hydrogens is 482 g/mol. The van der Waals surface area contributed by atoms with Crippen LogP contribution in [0.4, 0.5) is 13.2 Å². The van der Waals surface area contributed by atoms with Gasteiger partial charge in [-0.15, -0.1) is 0 Å². The highest BCUT2D eigenvalue weighted by Crippen LogP contribution is 2.43. The highest BCUT2D eigenvalue weighted by Gasteiger charge is 2.41. The Kier molecular flexibility index (Phi) is 7.01. The quantitative estimate of drug-likeness (QED) is 0.486. The molecule has 0 bridgehead atoms. The van der Waals surface area contributed by atoms with Crippen LogP contribution >= 0.6 is 23.2 Å². The predicted molar refractivity (Wildman–Crippen MR) is 115 cm³/mol. The van der Waals surface area contributed by atoms with Crippen LogP contribution in [0.1, 0.15) is 21.6 Å². The van der Waals surface area contributed by atoms with Gasteiger partial charge in [0.05, 0.1) is 22.9 Å². The van der Waals surface area contributed by atoms with Crippen LogP contribution in [0.2, 0.25) is 10.0 Å². The lowest BCUT2D eigenvalue weighted by atomic mass is 10.1. The standard InChI is InChI=1S/C22H14Cl2F3N3O3/c23-15-8-6-13(7-9-15)19-16(10-28)18(24)20(22(25,26)27)30(19)12-29(11-17(31)32)21(33)14-4-2-1-3-5-14/h1-9H,11-12H2,(H,31,32). The van der Waals surface area contributed by atoms with Crippen molar-refractivity contribution < 1.29 is 27.9 Å². The van der Waals surface area contributed by atoms with Crippen molar-refractivity contribution in [3.05, 3.63) is 81.5 Å². The number of nitriles is 1. The fourth-order valence-corrected chi connectivity index (χ4v) is 3.77. The average Bonchev–Trinajstić information content (AvgIpc) is 3.04. The fourth-order valence-electron chi connectivity index (χ4n) is 3.30. The Balaban J connectivity index is 2.24. The van der Waals surface area contributed by atoms with Crippen molar-refractivity contribution in [1.82, 2.24) is 9.47 Å². The first kappa shape index (κ1) is 24.2. The molecule has 1 heterocycles. The minimum absolute atomic E-state index is 0.0825. The molecule has 0 spiro atoms. The molecule has 1 N–H and O–H groups in total. The van der Waals surface area contributed by atoms with Gasteiger partial charge in [0.2, 0.25) is 0 Å². The third kappa shape index (κ3) is 5.13. The molecule has 11 heteroatoms. The van der Waals surface area contributed by atoms with Crippen LogP contribution in [0, 0.1) is 11.3 Å². The number of aromatic nitrogens is 1. The first-order chi connectivity index (χ1) is 15.5. The maximum atomic E-state index is 14.0. The SMILES string of the molecule is N#Cc1c(Cl)c(C(F)(F)F)n(CN(CC(=O)O)C(=O)c2ccccc2)c1-c1ccc(Cl)cc1. The Morgan fingerprint density at radius 1 is 1.06 bits per heavy atom. The summed E-state index contributed by atoms with van der Waals surface area (Å²) in [4.78, 5) is 25.1. The van der Waals surface area contributed by atoms with Crippen LogP contribution in [0.3, 0.4) is 0 Å². The molecule has 0 fully saturated rings. The molecule has 1 amide bonds. The van der Waals surface area contributed by atoms with E-state index in [0.29, 0.717) is 9.59 Å². The Bertz CT molecular complexity index is 1230. The van der Waals surface area contributed by atoms with Crippen molar-refractivity contribution in [2.45, 2.75) is 12.8 Å². The van der Waals surface area contributed by atoms with Crippen molar-refractivity contribution in [3.8, 4) is 17.3 Å². The number of nitrogens with zero attached hydrogens (tertiary/aromatic N) is 3. The topological polar surface area (TPSA) is 86.3 Å². The first-order valence-electron chi connectivity index (χ1n) is 9.26. The van der Waals surface area contributed by atoms with Crippen LogP contribution in [0.15, 0.2) is 54.6 Å². The van der Waals surface area contributed by atoms with Crippen LogP contribution in [0.5, 0.6) is 0 Å². The van der Waals surface area contributed by atoms with Gasteiger partial charge in [-0.05, 0) is 29.8 Å². The molecule has 170 valence electrons. The zero-order valence-corrected chi connectivity index (χ0v) is 18.1. The van der Waals surface area contributed by atoms with Crippen molar-refractivity contribution in [2.24, 2.45) is 0 Å². The second kappa shape index (κ2) is 9.57. The number of aliphatic carboxylic acids is 1.